The van der Waals surface area contributed by atoms with Crippen LogP contribution in [0, 0.1) is 20.8 Å². The van der Waals surface area contributed by atoms with Crippen molar-refractivity contribution in [1.82, 2.24) is 0 Å². The maximum absolute atomic E-state index is 10.7. The SMILES string of the molecule is Cc1sc(N(C)C(=O)O)c(C)c1C. The fraction of sp³-hybridized carbons (Fsp3) is 0.444. The molecule has 1 aromatic heterocycles. The monoisotopic (exact) mass is 199 g/mol. The number of aryl methyl sites for hydroxylation is 1. The fourth-order valence-corrected chi connectivity index (χ4v) is 2.25. The lowest BCUT2D eigenvalue weighted by atomic mass is 10.2. The first-order chi connectivity index (χ1) is 5.95. The van der Waals surface area contributed by atoms with Gasteiger partial charge in [-0.1, -0.05) is 0 Å². The number of nitrogens with zero attached hydrogens (tertiary/aromatic N) is 1. The van der Waals surface area contributed by atoms with Gasteiger partial charge in [0.05, 0.1) is 0 Å². The highest BCUT2D eigenvalue weighted by Gasteiger charge is 2.16. The zero-order valence-electron chi connectivity index (χ0n) is 8.21. The van der Waals surface area contributed by atoms with Gasteiger partial charge in [0.1, 0.15) is 5.00 Å². The van der Waals surface area contributed by atoms with Crippen LogP contribution in [0.4, 0.5) is 9.80 Å². The van der Waals surface area contributed by atoms with Crippen molar-refractivity contribution in [1.29, 1.82) is 0 Å². The molecule has 0 atom stereocenters. The van der Waals surface area contributed by atoms with Gasteiger partial charge in [-0.25, -0.2) is 4.79 Å². The van der Waals surface area contributed by atoms with E-state index in [1.165, 1.54) is 26.7 Å². The summed E-state index contributed by atoms with van der Waals surface area (Å²) in [5, 5.41) is 9.61. The molecule has 0 aliphatic carbocycles. The Hall–Kier alpha value is -1.03. The zero-order valence-corrected chi connectivity index (χ0v) is 9.03. The van der Waals surface area contributed by atoms with Crippen LogP contribution in [0.5, 0.6) is 0 Å². The van der Waals surface area contributed by atoms with Crippen LogP contribution in [0.2, 0.25) is 0 Å². The molecule has 0 radical (unpaired) electrons. The van der Waals surface area contributed by atoms with E-state index in [4.69, 9.17) is 5.11 Å². The molecule has 0 unspecified atom stereocenters. The molecule has 72 valence electrons. The smallest absolute Gasteiger partial charge is 0.412 e. The molecule has 1 heterocycles. The number of thiophene rings is 1. The molecule has 0 bridgehead atoms. The first-order valence-electron chi connectivity index (χ1n) is 3.98. The van der Waals surface area contributed by atoms with E-state index in [9.17, 15) is 4.79 Å². The van der Waals surface area contributed by atoms with Crippen molar-refractivity contribution in [2.75, 3.05) is 11.9 Å². The summed E-state index contributed by atoms with van der Waals surface area (Å²) in [7, 11) is 1.57. The van der Waals surface area contributed by atoms with Crippen molar-refractivity contribution in [2.24, 2.45) is 0 Å². The lowest BCUT2D eigenvalue weighted by Gasteiger charge is -2.11. The lowest BCUT2D eigenvalue weighted by Crippen LogP contribution is -2.23. The molecule has 4 heteroatoms. The Morgan fingerprint density at radius 2 is 1.85 bits per heavy atom. The van der Waals surface area contributed by atoms with E-state index in [-0.39, 0.29) is 0 Å². The van der Waals surface area contributed by atoms with E-state index >= 15 is 0 Å². The van der Waals surface area contributed by atoms with Crippen LogP contribution in [0.1, 0.15) is 16.0 Å². The molecule has 1 rings (SSSR count). The molecule has 0 saturated carbocycles. The summed E-state index contributed by atoms with van der Waals surface area (Å²) >= 11 is 1.52. The summed E-state index contributed by atoms with van der Waals surface area (Å²) in [6.45, 7) is 5.97. The van der Waals surface area contributed by atoms with Gasteiger partial charge in [0.2, 0.25) is 0 Å². The Morgan fingerprint density at radius 3 is 2.15 bits per heavy atom. The van der Waals surface area contributed by atoms with E-state index in [1.807, 2.05) is 20.8 Å². The number of carboxylic acid groups (broad SMARTS) is 1. The molecule has 13 heavy (non-hydrogen) atoms. The largest absolute Gasteiger partial charge is 0.465 e. The summed E-state index contributed by atoms with van der Waals surface area (Å²) in [5.74, 6) is 0. The van der Waals surface area contributed by atoms with Gasteiger partial charge in [-0.05, 0) is 31.9 Å². The lowest BCUT2D eigenvalue weighted by molar-refractivity contribution is 0.203. The van der Waals surface area contributed by atoms with Crippen LogP contribution in [0.3, 0.4) is 0 Å². The molecule has 1 aromatic rings. The summed E-state index contributed by atoms with van der Waals surface area (Å²) < 4.78 is 0. The first-order valence-corrected chi connectivity index (χ1v) is 4.80. The third-order valence-corrected chi connectivity index (χ3v) is 3.64. The minimum absolute atomic E-state index is 0.822. The van der Waals surface area contributed by atoms with Crippen LogP contribution in [-0.2, 0) is 0 Å². The van der Waals surface area contributed by atoms with Gasteiger partial charge in [-0.15, -0.1) is 11.3 Å². The molecule has 0 aliphatic heterocycles. The Kier molecular flexibility index (Phi) is 2.61. The van der Waals surface area contributed by atoms with Gasteiger partial charge in [-0.2, -0.15) is 0 Å². The van der Waals surface area contributed by atoms with Crippen molar-refractivity contribution >= 4 is 22.4 Å². The fourth-order valence-electron chi connectivity index (χ4n) is 1.13. The van der Waals surface area contributed by atoms with Gasteiger partial charge < -0.3 is 5.11 Å². The van der Waals surface area contributed by atoms with Gasteiger partial charge in [0.25, 0.3) is 0 Å². The summed E-state index contributed by atoms with van der Waals surface area (Å²) in [6, 6.07) is 0. The topological polar surface area (TPSA) is 40.5 Å². The van der Waals surface area contributed by atoms with Gasteiger partial charge in [0.15, 0.2) is 0 Å². The normalized spacial score (nSPS) is 10.2. The standard InChI is InChI=1S/C9H13NO2S/c1-5-6(2)8(13-7(5)3)10(4)9(11)12/h1-4H3,(H,11,12). The number of carbonyl (C=O) groups is 1. The van der Waals surface area contributed by atoms with Crippen molar-refractivity contribution in [3.05, 3.63) is 16.0 Å². The molecular formula is C9H13NO2S. The predicted molar refractivity (Wildman–Crippen MR) is 55.0 cm³/mol. The molecule has 0 fully saturated rings. The first kappa shape index (κ1) is 10.1. The maximum atomic E-state index is 10.7. The molecule has 3 nitrogen and oxygen atoms in total. The van der Waals surface area contributed by atoms with Crippen LogP contribution >= 0.6 is 11.3 Å². The minimum atomic E-state index is -0.913. The summed E-state index contributed by atoms with van der Waals surface area (Å²) in [4.78, 5) is 13.2. The number of rotatable bonds is 1. The van der Waals surface area contributed by atoms with Crippen molar-refractivity contribution in [3.63, 3.8) is 0 Å². The number of hydrogen-bond acceptors (Lipinski definition) is 2. The third-order valence-electron chi connectivity index (χ3n) is 2.25. The van der Waals surface area contributed by atoms with Crippen LogP contribution in [0.25, 0.3) is 0 Å². The Labute approximate surface area is 81.6 Å². The van der Waals surface area contributed by atoms with Crippen molar-refractivity contribution in [2.45, 2.75) is 20.8 Å². The van der Waals surface area contributed by atoms with Crippen molar-refractivity contribution < 1.29 is 9.90 Å². The Morgan fingerprint density at radius 1 is 1.31 bits per heavy atom. The Bertz CT molecular complexity index is 344. The van der Waals surface area contributed by atoms with Gasteiger partial charge in [-0.3, -0.25) is 4.90 Å². The zero-order chi connectivity index (χ0) is 10.2. The van der Waals surface area contributed by atoms with Gasteiger partial charge in [0, 0.05) is 11.9 Å². The maximum Gasteiger partial charge on any atom is 0.412 e. The van der Waals surface area contributed by atoms with Gasteiger partial charge >= 0.3 is 6.09 Å². The molecular weight excluding hydrogens is 186 g/mol. The predicted octanol–water partition coefficient (Wildman–Crippen LogP) is 2.79. The average molecular weight is 199 g/mol. The van der Waals surface area contributed by atoms with Crippen molar-refractivity contribution in [3.8, 4) is 0 Å². The summed E-state index contributed by atoms with van der Waals surface area (Å²) in [5.41, 5.74) is 2.25. The molecule has 0 aromatic carbocycles. The minimum Gasteiger partial charge on any atom is -0.465 e. The Balaban J connectivity index is 3.15. The highest BCUT2D eigenvalue weighted by atomic mass is 32.1. The van der Waals surface area contributed by atoms with E-state index in [0.29, 0.717) is 0 Å². The molecule has 0 aliphatic rings. The van der Waals surface area contributed by atoms with Crippen LogP contribution in [-0.4, -0.2) is 18.2 Å². The quantitative estimate of drug-likeness (QED) is 0.755. The molecule has 0 spiro atoms. The third kappa shape index (κ3) is 1.67. The molecule has 1 amide bonds. The average Bonchev–Trinajstić information content (AvgIpc) is 2.31. The number of anilines is 1. The second kappa shape index (κ2) is 3.38. The number of amides is 1. The van der Waals surface area contributed by atoms with E-state index in [2.05, 4.69) is 0 Å². The second-order valence-electron chi connectivity index (χ2n) is 3.05. The highest BCUT2D eigenvalue weighted by molar-refractivity contribution is 7.16. The number of hydrogen-bond donors (Lipinski definition) is 1. The van der Waals surface area contributed by atoms with Crippen LogP contribution < -0.4 is 4.90 Å². The molecule has 0 saturated heterocycles. The molecule has 1 N–H and O–H groups in total. The van der Waals surface area contributed by atoms with Crippen LogP contribution in [0.15, 0.2) is 0 Å². The summed E-state index contributed by atoms with van der Waals surface area (Å²) in [6.07, 6.45) is -0.913. The second-order valence-corrected chi connectivity index (χ2v) is 4.26. The van der Waals surface area contributed by atoms with E-state index < -0.39 is 6.09 Å². The van der Waals surface area contributed by atoms with E-state index in [1.54, 1.807) is 7.05 Å². The van der Waals surface area contributed by atoms with E-state index in [0.717, 1.165) is 10.6 Å². The highest BCUT2D eigenvalue weighted by Crippen LogP contribution is 2.33.